The smallest absolute Gasteiger partial charge is 0.00506 e. The van der Waals surface area contributed by atoms with Gasteiger partial charge in [-0.15, -0.1) is 0 Å². The maximum atomic E-state index is 2.00. The first kappa shape index (κ1) is 11.9. The van der Waals surface area contributed by atoms with Crippen LogP contribution in [-0.2, 0) is 16.8 Å². The van der Waals surface area contributed by atoms with Crippen molar-refractivity contribution in [1.29, 1.82) is 0 Å². The van der Waals surface area contributed by atoms with Gasteiger partial charge in [-0.1, -0.05) is 24.3 Å². The SMILES string of the molecule is C1CC2=C3CCCC3=C2C1.[CH]1C=CC=C1.[Co]. The summed E-state index contributed by atoms with van der Waals surface area (Å²) >= 11 is 0. The van der Waals surface area contributed by atoms with Gasteiger partial charge in [-0.3, -0.25) is 0 Å². The van der Waals surface area contributed by atoms with Crippen molar-refractivity contribution in [2.45, 2.75) is 38.5 Å². The maximum Gasteiger partial charge on any atom is 0.00506 e. The second-order valence-electron chi connectivity index (χ2n) is 4.58. The van der Waals surface area contributed by atoms with Crippen LogP contribution in [-0.4, -0.2) is 0 Å². The van der Waals surface area contributed by atoms with Crippen molar-refractivity contribution in [3.8, 4) is 0 Å². The minimum absolute atomic E-state index is 0. The van der Waals surface area contributed by atoms with Crippen LogP contribution >= 0.6 is 0 Å². The van der Waals surface area contributed by atoms with Gasteiger partial charge in [0, 0.05) is 23.2 Å². The molecular weight excluding hydrogens is 239 g/mol. The number of hydrogen-bond donors (Lipinski definition) is 0. The normalized spacial score (nSPS) is 23.5. The Bertz CT molecular complexity index is 321. The summed E-state index contributed by atoms with van der Waals surface area (Å²) in [6, 6.07) is 0. The fourth-order valence-electron chi connectivity index (χ4n) is 3.08. The van der Waals surface area contributed by atoms with Crippen molar-refractivity contribution in [3.05, 3.63) is 53.0 Å². The van der Waals surface area contributed by atoms with E-state index in [1.807, 2.05) is 30.7 Å². The standard InChI is InChI=1S/C10H12.C5H5.Co/c1-3-7-8(4-1)10-6-2-5-9(7)10;1-2-4-5-3-1;/h1-6H2;1-5H;. The Balaban J connectivity index is 0.000000139. The fourth-order valence-corrected chi connectivity index (χ4v) is 3.08. The molecular formula is C15H17Co. The average Bonchev–Trinajstić information content (AvgIpc) is 2.97. The summed E-state index contributed by atoms with van der Waals surface area (Å²) in [6.45, 7) is 0. The third kappa shape index (κ3) is 1.99. The molecule has 2 radical (unpaired) electrons. The van der Waals surface area contributed by atoms with Crippen molar-refractivity contribution in [1.82, 2.24) is 0 Å². The van der Waals surface area contributed by atoms with Gasteiger partial charge in [0.05, 0.1) is 0 Å². The molecule has 0 nitrogen and oxygen atoms in total. The van der Waals surface area contributed by atoms with Gasteiger partial charge in [0.2, 0.25) is 0 Å². The Morgan fingerprint density at radius 3 is 1.19 bits per heavy atom. The largest absolute Gasteiger partial charge is 0.0767 e. The monoisotopic (exact) mass is 256 g/mol. The van der Waals surface area contributed by atoms with E-state index < -0.39 is 0 Å². The molecule has 0 aromatic heterocycles. The average molecular weight is 256 g/mol. The van der Waals surface area contributed by atoms with E-state index in [9.17, 15) is 0 Å². The second kappa shape index (κ2) is 5.20. The summed E-state index contributed by atoms with van der Waals surface area (Å²) < 4.78 is 0. The van der Waals surface area contributed by atoms with Gasteiger partial charge < -0.3 is 0 Å². The number of fused-ring (bicyclic) bond motifs is 2. The van der Waals surface area contributed by atoms with Gasteiger partial charge in [-0.25, -0.2) is 0 Å². The number of allylic oxidation sites excluding steroid dienone is 8. The van der Waals surface area contributed by atoms with Gasteiger partial charge in [0.1, 0.15) is 0 Å². The zero-order valence-corrected chi connectivity index (χ0v) is 10.5. The molecule has 0 N–H and O–H groups in total. The number of hydrogen-bond acceptors (Lipinski definition) is 0. The zero-order valence-electron chi connectivity index (χ0n) is 9.46. The molecule has 0 heterocycles. The van der Waals surface area contributed by atoms with Gasteiger partial charge in [-0.2, -0.15) is 0 Å². The van der Waals surface area contributed by atoms with Crippen molar-refractivity contribution < 1.29 is 16.8 Å². The van der Waals surface area contributed by atoms with Crippen LogP contribution in [0.4, 0.5) is 0 Å². The molecule has 0 saturated heterocycles. The van der Waals surface area contributed by atoms with Crippen LogP contribution in [0.5, 0.6) is 0 Å². The molecule has 1 heteroatoms. The van der Waals surface area contributed by atoms with Crippen molar-refractivity contribution >= 4 is 0 Å². The maximum absolute atomic E-state index is 2.00. The predicted octanol–water partition coefficient (Wildman–Crippen LogP) is 4.28. The first-order valence-corrected chi connectivity index (χ1v) is 6.08. The molecule has 0 aliphatic heterocycles. The minimum atomic E-state index is 0. The molecule has 4 rings (SSSR count). The first-order valence-electron chi connectivity index (χ1n) is 6.08. The predicted molar refractivity (Wildman–Crippen MR) is 64.3 cm³/mol. The van der Waals surface area contributed by atoms with Crippen molar-refractivity contribution in [3.63, 3.8) is 0 Å². The van der Waals surface area contributed by atoms with E-state index in [1.165, 1.54) is 38.5 Å². The molecule has 0 spiro atoms. The Morgan fingerprint density at radius 1 is 0.562 bits per heavy atom. The van der Waals surface area contributed by atoms with Crippen LogP contribution in [0.3, 0.4) is 0 Å². The van der Waals surface area contributed by atoms with E-state index in [-0.39, 0.29) is 16.8 Å². The van der Waals surface area contributed by atoms with Gasteiger partial charge in [0.25, 0.3) is 0 Å². The Morgan fingerprint density at radius 2 is 0.938 bits per heavy atom. The topological polar surface area (TPSA) is 0 Å². The van der Waals surface area contributed by atoms with Gasteiger partial charge in [0.15, 0.2) is 0 Å². The van der Waals surface area contributed by atoms with Crippen LogP contribution in [0.25, 0.3) is 0 Å². The molecule has 0 amide bonds. The van der Waals surface area contributed by atoms with Gasteiger partial charge >= 0.3 is 0 Å². The van der Waals surface area contributed by atoms with E-state index >= 15 is 0 Å². The molecule has 0 bridgehead atoms. The molecule has 0 unspecified atom stereocenters. The van der Waals surface area contributed by atoms with E-state index in [4.69, 9.17) is 0 Å². The third-order valence-corrected chi connectivity index (χ3v) is 3.72. The van der Waals surface area contributed by atoms with Crippen molar-refractivity contribution in [2.75, 3.05) is 0 Å². The molecule has 86 valence electrons. The van der Waals surface area contributed by atoms with E-state index in [0.717, 1.165) is 0 Å². The fraction of sp³-hybridized carbons (Fsp3) is 0.400. The molecule has 0 aromatic carbocycles. The second-order valence-corrected chi connectivity index (χ2v) is 4.58. The van der Waals surface area contributed by atoms with E-state index in [1.54, 1.807) is 22.3 Å². The Hall–Kier alpha value is -0.534. The molecule has 16 heavy (non-hydrogen) atoms. The molecule has 4 aliphatic carbocycles. The van der Waals surface area contributed by atoms with Crippen molar-refractivity contribution in [2.24, 2.45) is 0 Å². The molecule has 2 saturated carbocycles. The summed E-state index contributed by atoms with van der Waals surface area (Å²) in [6.07, 6.45) is 18.5. The van der Waals surface area contributed by atoms with E-state index in [0.29, 0.717) is 0 Å². The summed E-state index contributed by atoms with van der Waals surface area (Å²) in [4.78, 5) is 0. The first-order chi connectivity index (χ1) is 7.47. The third-order valence-electron chi connectivity index (χ3n) is 3.72. The quantitative estimate of drug-likeness (QED) is 0.607. The van der Waals surface area contributed by atoms with Crippen LogP contribution in [0.2, 0.25) is 0 Å². The van der Waals surface area contributed by atoms with E-state index in [2.05, 4.69) is 0 Å². The van der Waals surface area contributed by atoms with Crippen LogP contribution < -0.4 is 0 Å². The molecule has 2 fully saturated rings. The zero-order chi connectivity index (χ0) is 10.1. The summed E-state index contributed by atoms with van der Waals surface area (Å²) in [5, 5.41) is 0. The summed E-state index contributed by atoms with van der Waals surface area (Å²) in [7, 11) is 0. The Kier molecular flexibility index (Phi) is 3.88. The molecule has 4 aliphatic rings. The van der Waals surface area contributed by atoms with Crippen LogP contribution in [0.15, 0.2) is 46.6 Å². The molecule has 0 atom stereocenters. The van der Waals surface area contributed by atoms with Crippen LogP contribution in [0, 0.1) is 6.42 Å². The van der Waals surface area contributed by atoms with Gasteiger partial charge in [-0.05, 0) is 60.8 Å². The number of rotatable bonds is 0. The molecule has 0 aromatic rings. The summed E-state index contributed by atoms with van der Waals surface area (Å²) in [5.41, 5.74) is 7.14. The Labute approximate surface area is 108 Å². The minimum Gasteiger partial charge on any atom is -0.0767 e. The summed E-state index contributed by atoms with van der Waals surface area (Å²) in [5.74, 6) is 0. The van der Waals surface area contributed by atoms with Crippen LogP contribution in [0.1, 0.15) is 38.5 Å².